The van der Waals surface area contributed by atoms with Gasteiger partial charge < -0.3 is 20.7 Å². The molecule has 0 radical (unpaired) electrons. The summed E-state index contributed by atoms with van der Waals surface area (Å²) in [5, 5.41) is 14.2. The van der Waals surface area contributed by atoms with Crippen molar-refractivity contribution in [1.29, 1.82) is 0 Å². The van der Waals surface area contributed by atoms with Crippen LogP contribution in [0.2, 0.25) is 0 Å². The molecular weight excluding hydrogens is 248 g/mol. The molecule has 1 unspecified atom stereocenters. The van der Waals surface area contributed by atoms with Gasteiger partial charge in [-0.2, -0.15) is 0 Å². The van der Waals surface area contributed by atoms with Crippen molar-refractivity contribution in [3.05, 3.63) is 30.2 Å². The smallest absolute Gasteiger partial charge is 0.405 e. The van der Waals surface area contributed by atoms with Crippen molar-refractivity contribution in [1.82, 2.24) is 20.6 Å². The molecule has 1 atom stereocenters. The van der Waals surface area contributed by atoms with Crippen molar-refractivity contribution in [2.75, 3.05) is 0 Å². The first kappa shape index (κ1) is 12.9. The highest BCUT2D eigenvalue weighted by atomic mass is 16.4. The Morgan fingerprint density at radius 3 is 3.00 bits per heavy atom. The number of carboxylic acid groups (broad SMARTS) is 1. The van der Waals surface area contributed by atoms with Gasteiger partial charge in [-0.05, 0) is 19.1 Å². The lowest BCUT2D eigenvalue weighted by atomic mass is 10.3. The summed E-state index contributed by atoms with van der Waals surface area (Å²) in [6.45, 7) is 1.79. The predicted octanol–water partition coefficient (Wildman–Crippen LogP) is 0.835. The van der Waals surface area contributed by atoms with Gasteiger partial charge in [-0.1, -0.05) is 0 Å². The van der Waals surface area contributed by atoms with Crippen LogP contribution in [-0.4, -0.2) is 33.1 Å². The molecule has 19 heavy (non-hydrogen) atoms. The van der Waals surface area contributed by atoms with Crippen molar-refractivity contribution in [3.8, 4) is 0 Å². The first-order valence-electron chi connectivity index (χ1n) is 5.75. The quantitative estimate of drug-likeness (QED) is 0.654. The van der Waals surface area contributed by atoms with E-state index >= 15 is 0 Å². The third-order valence-corrected chi connectivity index (χ3v) is 2.66. The molecule has 7 heteroatoms. The largest absolute Gasteiger partial charge is 0.465 e. The lowest BCUT2D eigenvalue weighted by Gasteiger charge is -2.11. The summed E-state index contributed by atoms with van der Waals surface area (Å²) in [5.74, 6) is -0.376. The number of aromatic amines is 1. The van der Waals surface area contributed by atoms with Gasteiger partial charge in [0, 0.05) is 29.0 Å². The molecule has 0 saturated heterocycles. The number of carbonyl (C=O) groups excluding carboxylic acids is 1. The molecule has 2 amide bonds. The normalized spacial score (nSPS) is 12.1. The Bertz CT molecular complexity index is 575. The minimum atomic E-state index is -1.22. The zero-order valence-electron chi connectivity index (χ0n) is 10.3. The van der Waals surface area contributed by atoms with Crippen LogP contribution in [0.5, 0.6) is 0 Å². The molecule has 4 N–H and O–H groups in total. The lowest BCUT2D eigenvalue weighted by Crippen LogP contribution is -2.44. The van der Waals surface area contributed by atoms with E-state index in [1.165, 1.54) is 6.92 Å². The fourth-order valence-corrected chi connectivity index (χ4v) is 1.71. The molecule has 2 rings (SSSR count). The van der Waals surface area contributed by atoms with Crippen molar-refractivity contribution < 1.29 is 14.7 Å². The van der Waals surface area contributed by atoms with Crippen LogP contribution < -0.4 is 10.6 Å². The number of nitrogens with zero attached hydrogens (tertiary/aromatic N) is 1. The lowest BCUT2D eigenvalue weighted by molar-refractivity contribution is -0.122. The summed E-state index contributed by atoms with van der Waals surface area (Å²) in [7, 11) is 0. The van der Waals surface area contributed by atoms with Gasteiger partial charge in [0.15, 0.2) is 0 Å². The van der Waals surface area contributed by atoms with Gasteiger partial charge >= 0.3 is 6.09 Å². The molecule has 2 aromatic heterocycles. The summed E-state index contributed by atoms with van der Waals surface area (Å²) in [5.41, 5.74) is 1.77. The Balaban J connectivity index is 1.94. The molecule has 2 aromatic rings. The van der Waals surface area contributed by atoms with Crippen LogP contribution in [0.1, 0.15) is 12.6 Å². The molecule has 0 aliphatic rings. The van der Waals surface area contributed by atoms with Crippen LogP contribution in [0, 0.1) is 0 Å². The number of carbonyl (C=O) groups is 2. The molecule has 0 aliphatic heterocycles. The van der Waals surface area contributed by atoms with E-state index in [2.05, 4.69) is 20.6 Å². The number of hydrogen-bond donors (Lipinski definition) is 4. The minimum Gasteiger partial charge on any atom is -0.465 e. The van der Waals surface area contributed by atoms with E-state index in [0.717, 1.165) is 16.6 Å². The maximum absolute atomic E-state index is 11.6. The van der Waals surface area contributed by atoms with Crippen molar-refractivity contribution in [2.45, 2.75) is 19.5 Å². The summed E-state index contributed by atoms with van der Waals surface area (Å²) in [6.07, 6.45) is 2.19. The van der Waals surface area contributed by atoms with Crippen molar-refractivity contribution >= 4 is 22.9 Å². The van der Waals surface area contributed by atoms with Gasteiger partial charge in [0.05, 0.1) is 6.54 Å². The molecule has 0 spiro atoms. The highest BCUT2D eigenvalue weighted by Gasteiger charge is 2.14. The predicted molar refractivity (Wildman–Crippen MR) is 68.6 cm³/mol. The van der Waals surface area contributed by atoms with E-state index in [1.807, 2.05) is 12.1 Å². The van der Waals surface area contributed by atoms with Crippen molar-refractivity contribution in [2.24, 2.45) is 0 Å². The van der Waals surface area contributed by atoms with E-state index in [0.29, 0.717) is 6.54 Å². The van der Waals surface area contributed by atoms with Crippen LogP contribution in [0.25, 0.3) is 10.9 Å². The second kappa shape index (κ2) is 5.38. The van der Waals surface area contributed by atoms with Crippen LogP contribution in [-0.2, 0) is 11.3 Å². The molecule has 0 saturated carbocycles. The SMILES string of the molecule is CC(NC(=O)O)C(=O)NCc1cc2cnccc2[nH]1. The number of H-pyrrole nitrogens is 1. The summed E-state index contributed by atoms with van der Waals surface area (Å²) in [4.78, 5) is 29.1. The standard InChI is InChI=1S/C12H14N4O3/c1-7(15-12(18)19)11(17)14-6-9-4-8-5-13-3-2-10(8)16-9/h2-5,7,15-16H,6H2,1H3,(H,14,17)(H,18,19). The van der Waals surface area contributed by atoms with Crippen LogP contribution in [0.15, 0.2) is 24.5 Å². The number of fused-ring (bicyclic) bond motifs is 1. The van der Waals surface area contributed by atoms with Crippen LogP contribution in [0.3, 0.4) is 0 Å². The minimum absolute atomic E-state index is 0.305. The average Bonchev–Trinajstić information content (AvgIpc) is 2.77. The fourth-order valence-electron chi connectivity index (χ4n) is 1.71. The van der Waals surface area contributed by atoms with E-state index < -0.39 is 12.1 Å². The molecule has 0 aromatic carbocycles. The maximum atomic E-state index is 11.6. The van der Waals surface area contributed by atoms with E-state index in [1.54, 1.807) is 12.4 Å². The third-order valence-electron chi connectivity index (χ3n) is 2.66. The van der Waals surface area contributed by atoms with Gasteiger partial charge in [0.2, 0.25) is 5.91 Å². The number of hydrogen-bond acceptors (Lipinski definition) is 3. The zero-order valence-corrected chi connectivity index (χ0v) is 10.3. The molecule has 0 fully saturated rings. The highest BCUT2D eigenvalue weighted by molar-refractivity contribution is 5.85. The van der Waals surface area contributed by atoms with Gasteiger partial charge in [0.1, 0.15) is 6.04 Å². The van der Waals surface area contributed by atoms with Gasteiger partial charge in [0.25, 0.3) is 0 Å². The van der Waals surface area contributed by atoms with Gasteiger partial charge in [-0.3, -0.25) is 9.78 Å². The third kappa shape index (κ3) is 3.21. The fraction of sp³-hybridized carbons (Fsp3) is 0.250. The number of rotatable bonds is 4. The molecule has 0 bridgehead atoms. The molecule has 2 heterocycles. The number of amides is 2. The molecule has 7 nitrogen and oxygen atoms in total. The second-order valence-corrected chi connectivity index (χ2v) is 4.15. The Labute approximate surface area is 109 Å². The van der Waals surface area contributed by atoms with Crippen molar-refractivity contribution in [3.63, 3.8) is 0 Å². The molecule has 100 valence electrons. The number of nitrogens with one attached hydrogen (secondary N) is 3. The van der Waals surface area contributed by atoms with Gasteiger partial charge in [-0.15, -0.1) is 0 Å². The first-order chi connectivity index (χ1) is 9.06. The number of aromatic nitrogens is 2. The van der Waals surface area contributed by atoms with Crippen LogP contribution in [0.4, 0.5) is 4.79 Å². The average molecular weight is 262 g/mol. The number of pyridine rings is 1. The van der Waals surface area contributed by atoms with E-state index in [9.17, 15) is 9.59 Å². The summed E-state index contributed by atoms with van der Waals surface area (Å²) in [6, 6.07) is 2.94. The Kier molecular flexibility index (Phi) is 3.65. The topological polar surface area (TPSA) is 107 Å². The first-order valence-corrected chi connectivity index (χ1v) is 5.75. The Morgan fingerprint density at radius 2 is 2.32 bits per heavy atom. The summed E-state index contributed by atoms with van der Waals surface area (Å²) >= 11 is 0. The van der Waals surface area contributed by atoms with E-state index in [-0.39, 0.29) is 5.91 Å². The second-order valence-electron chi connectivity index (χ2n) is 4.15. The van der Waals surface area contributed by atoms with E-state index in [4.69, 9.17) is 5.11 Å². The zero-order chi connectivity index (χ0) is 13.8. The molecular formula is C12H14N4O3. The monoisotopic (exact) mass is 262 g/mol. The highest BCUT2D eigenvalue weighted by Crippen LogP contribution is 2.12. The Morgan fingerprint density at radius 1 is 1.53 bits per heavy atom. The summed E-state index contributed by atoms with van der Waals surface area (Å²) < 4.78 is 0. The Hall–Kier alpha value is -2.57. The van der Waals surface area contributed by atoms with Gasteiger partial charge in [-0.25, -0.2) is 4.79 Å². The van der Waals surface area contributed by atoms with Crippen LogP contribution >= 0.6 is 0 Å². The molecule has 0 aliphatic carbocycles. The maximum Gasteiger partial charge on any atom is 0.405 e.